The van der Waals surface area contributed by atoms with Gasteiger partial charge in [0.25, 0.3) is 11.2 Å². The van der Waals surface area contributed by atoms with Gasteiger partial charge in [0, 0.05) is 36.4 Å². The molecule has 1 aromatic carbocycles. The number of H-pyrrole nitrogens is 1. The van der Waals surface area contributed by atoms with Crippen molar-refractivity contribution in [1.82, 2.24) is 9.55 Å². The zero-order valence-electron chi connectivity index (χ0n) is 12.8. The van der Waals surface area contributed by atoms with Gasteiger partial charge in [-0.1, -0.05) is 0 Å². The quantitative estimate of drug-likeness (QED) is 0.322. The summed E-state index contributed by atoms with van der Waals surface area (Å²) in [4.78, 5) is 26.2. The molecule has 0 fully saturated rings. The summed E-state index contributed by atoms with van der Waals surface area (Å²) < 4.78 is 13.0. The van der Waals surface area contributed by atoms with Crippen molar-refractivity contribution in [3.63, 3.8) is 0 Å². The van der Waals surface area contributed by atoms with E-state index in [1.54, 1.807) is 6.07 Å². The number of non-ortho nitro benzene ring substituents is 1. The average molecular weight is 367 g/mol. The van der Waals surface area contributed by atoms with Gasteiger partial charge < -0.3 is 14.5 Å². The number of benzene rings is 1. The Bertz CT molecular complexity index is 1050. The number of aromatic nitrogens is 2. The maximum absolute atomic E-state index is 12.7. The molecular formula is C14H13N3O5S2. The van der Waals surface area contributed by atoms with Crippen molar-refractivity contribution in [2.24, 2.45) is 0 Å². The third-order valence-electron chi connectivity index (χ3n) is 3.66. The molecule has 3 aromatic rings. The molecule has 0 spiro atoms. The minimum atomic E-state index is -0.606. The summed E-state index contributed by atoms with van der Waals surface area (Å²) in [6.45, 7) is 0.144. The number of nitrogens with zero attached hydrogens (tertiary/aromatic N) is 2. The molecule has 126 valence electrons. The molecule has 0 radical (unpaired) electrons. The number of fused-ring (bicyclic) bond motifs is 3. The van der Waals surface area contributed by atoms with E-state index in [1.807, 2.05) is 0 Å². The van der Waals surface area contributed by atoms with Crippen molar-refractivity contribution in [2.75, 3.05) is 14.2 Å². The van der Waals surface area contributed by atoms with Crippen LogP contribution in [0.4, 0.5) is 5.69 Å². The van der Waals surface area contributed by atoms with Crippen LogP contribution in [0.25, 0.3) is 20.3 Å². The monoisotopic (exact) mass is 367 g/mol. The van der Waals surface area contributed by atoms with Crippen molar-refractivity contribution < 1.29 is 14.4 Å². The molecule has 0 amide bonds. The van der Waals surface area contributed by atoms with Crippen molar-refractivity contribution in [2.45, 2.75) is 12.8 Å². The lowest BCUT2D eigenvalue weighted by Gasteiger charge is -2.14. The second-order valence-corrected chi connectivity index (χ2v) is 6.43. The van der Waals surface area contributed by atoms with Crippen LogP contribution in [0, 0.1) is 14.9 Å². The number of rotatable bonds is 5. The van der Waals surface area contributed by atoms with Crippen molar-refractivity contribution >= 4 is 49.5 Å². The number of hydrogen-bond acceptors (Lipinski definition) is 7. The smallest absolute Gasteiger partial charge is 0.272 e. The van der Waals surface area contributed by atoms with E-state index in [2.05, 4.69) is 4.98 Å². The molecular weight excluding hydrogens is 354 g/mol. The summed E-state index contributed by atoms with van der Waals surface area (Å²) in [7, 11) is 2.95. The van der Waals surface area contributed by atoms with Gasteiger partial charge in [0.1, 0.15) is 4.70 Å². The number of thiophene rings is 1. The number of aromatic amines is 1. The lowest BCUT2D eigenvalue weighted by molar-refractivity contribution is -0.384. The van der Waals surface area contributed by atoms with Gasteiger partial charge in [0.15, 0.2) is 11.1 Å². The summed E-state index contributed by atoms with van der Waals surface area (Å²) in [5.41, 5.74) is 0.192. The molecule has 0 saturated carbocycles. The highest BCUT2D eigenvalue weighted by atomic mass is 32.1. The summed E-state index contributed by atoms with van der Waals surface area (Å²) in [6, 6.07) is 4.49. The van der Waals surface area contributed by atoms with Crippen LogP contribution < -0.4 is 5.56 Å². The molecule has 1 N–H and O–H groups in total. The van der Waals surface area contributed by atoms with E-state index in [0.717, 1.165) is 4.70 Å². The minimum absolute atomic E-state index is 0.0375. The first-order chi connectivity index (χ1) is 11.5. The highest BCUT2D eigenvalue weighted by Gasteiger charge is 2.17. The van der Waals surface area contributed by atoms with E-state index in [1.165, 1.54) is 42.3 Å². The molecule has 10 heteroatoms. The lowest BCUT2D eigenvalue weighted by atomic mass is 10.2. The predicted molar refractivity (Wildman–Crippen MR) is 93.2 cm³/mol. The van der Waals surface area contributed by atoms with Crippen molar-refractivity contribution in [3.8, 4) is 0 Å². The summed E-state index contributed by atoms with van der Waals surface area (Å²) in [6.07, 6.45) is -0.606. The molecule has 0 aliphatic rings. The molecule has 3 rings (SSSR count). The number of nitro groups is 1. The van der Waals surface area contributed by atoms with E-state index >= 15 is 0 Å². The number of hydrogen-bond donors (Lipinski definition) is 1. The Morgan fingerprint density at radius 1 is 1.42 bits per heavy atom. The number of nitrogens with one attached hydrogen (secondary N) is 1. The number of ether oxygens (including phenoxy) is 2. The Labute approximate surface area is 144 Å². The van der Waals surface area contributed by atoms with Crippen LogP contribution in [0.5, 0.6) is 0 Å². The highest BCUT2D eigenvalue weighted by molar-refractivity contribution is 7.71. The van der Waals surface area contributed by atoms with E-state index in [4.69, 9.17) is 21.7 Å². The van der Waals surface area contributed by atoms with E-state index in [9.17, 15) is 14.9 Å². The van der Waals surface area contributed by atoms with Gasteiger partial charge in [-0.25, -0.2) is 0 Å². The van der Waals surface area contributed by atoms with E-state index in [-0.39, 0.29) is 22.6 Å². The maximum atomic E-state index is 12.7. The molecule has 0 saturated heterocycles. The molecule has 2 heterocycles. The van der Waals surface area contributed by atoms with Gasteiger partial charge in [-0.3, -0.25) is 19.5 Å². The second-order valence-electron chi connectivity index (χ2n) is 4.99. The molecule has 0 atom stereocenters. The molecule has 0 unspecified atom stereocenters. The van der Waals surface area contributed by atoms with Gasteiger partial charge in [-0.15, -0.1) is 11.3 Å². The topological polar surface area (TPSA) is 99.4 Å². The van der Waals surface area contributed by atoms with Crippen molar-refractivity contribution in [3.05, 3.63) is 43.4 Å². The van der Waals surface area contributed by atoms with Crippen LogP contribution in [0.2, 0.25) is 0 Å². The molecule has 2 aromatic heterocycles. The number of methoxy groups -OCH3 is 2. The van der Waals surface area contributed by atoms with Crippen LogP contribution in [0.3, 0.4) is 0 Å². The third kappa shape index (κ3) is 2.73. The Hall–Kier alpha value is -2.14. The minimum Gasteiger partial charge on any atom is -0.354 e. The Morgan fingerprint density at radius 3 is 2.75 bits per heavy atom. The van der Waals surface area contributed by atoms with Gasteiger partial charge in [0.05, 0.1) is 17.0 Å². The van der Waals surface area contributed by atoms with Crippen molar-refractivity contribution in [1.29, 1.82) is 0 Å². The van der Waals surface area contributed by atoms with Crippen LogP contribution in [-0.2, 0) is 16.0 Å². The summed E-state index contributed by atoms with van der Waals surface area (Å²) in [5.74, 6) is 0. The molecule has 0 aliphatic heterocycles. The zero-order valence-corrected chi connectivity index (χ0v) is 14.4. The first-order valence-electron chi connectivity index (χ1n) is 6.85. The fourth-order valence-corrected chi connectivity index (χ4v) is 3.77. The summed E-state index contributed by atoms with van der Waals surface area (Å²) in [5, 5.41) is 11.6. The fraction of sp³-hybridized carbons (Fsp3) is 0.286. The Kier molecular flexibility index (Phi) is 4.45. The SMILES string of the molecule is COC(Cn1c(=S)[nH]c2c(sc3ccc([N+](=O)[O-])cc32)c1=O)OC. The molecule has 8 nitrogen and oxygen atoms in total. The van der Waals surface area contributed by atoms with Gasteiger partial charge in [-0.2, -0.15) is 0 Å². The highest BCUT2D eigenvalue weighted by Crippen LogP contribution is 2.32. The van der Waals surface area contributed by atoms with E-state index in [0.29, 0.717) is 15.6 Å². The predicted octanol–water partition coefficient (Wildman–Crippen LogP) is 2.80. The standard InChI is InChI=1S/C14H13N3O5S2/c1-21-10(22-2)6-16-13(18)12-11(15-14(16)23)8-5-7(17(19)20)3-4-9(8)24-12/h3-5,10H,6H2,1-2H3,(H,15,23). The molecule has 0 aliphatic carbocycles. The van der Waals surface area contributed by atoms with E-state index < -0.39 is 11.2 Å². The Balaban J connectivity index is 2.26. The summed E-state index contributed by atoms with van der Waals surface area (Å²) >= 11 is 6.52. The zero-order chi connectivity index (χ0) is 17.4. The first kappa shape index (κ1) is 16.7. The maximum Gasteiger partial charge on any atom is 0.272 e. The van der Waals surface area contributed by atoms with Crippen LogP contribution in [0.15, 0.2) is 23.0 Å². The second kappa shape index (κ2) is 6.40. The van der Waals surface area contributed by atoms with Gasteiger partial charge in [0.2, 0.25) is 0 Å². The van der Waals surface area contributed by atoms with Gasteiger partial charge in [-0.05, 0) is 18.3 Å². The number of nitro benzene ring substituents is 1. The van der Waals surface area contributed by atoms with Crippen LogP contribution in [0.1, 0.15) is 0 Å². The largest absolute Gasteiger partial charge is 0.354 e. The average Bonchev–Trinajstić information content (AvgIpc) is 2.93. The molecule has 0 bridgehead atoms. The third-order valence-corrected chi connectivity index (χ3v) is 5.14. The Morgan fingerprint density at radius 2 is 2.12 bits per heavy atom. The fourth-order valence-electron chi connectivity index (χ4n) is 2.42. The first-order valence-corrected chi connectivity index (χ1v) is 8.08. The molecule has 24 heavy (non-hydrogen) atoms. The lowest BCUT2D eigenvalue weighted by Crippen LogP contribution is -2.29. The van der Waals surface area contributed by atoms with Crippen LogP contribution >= 0.6 is 23.6 Å². The van der Waals surface area contributed by atoms with Gasteiger partial charge >= 0.3 is 0 Å². The van der Waals surface area contributed by atoms with Crippen LogP contribution in [-0.4, -0.2) is 35.0 Å². The normalized spacial score (nSPS) is 11.6.